The summed E-state index contributed by atoms with van der Waals surface area (Å²) in [7, 11) is 1.55. The molecule has 3 rings (SSSR count). The van der Waals surface area contributed by atoms with E-state index < -0.39 is 0 Å². The van der Waals surface area contributed by atoms with Crippen LogP contribution in [0.1, 0.15) is 15.4 Å². The molecule has 0 aliphatic rings. The van der Waals surface area contributed by atoms with Gasteiger partial charge in [0.05, 0.1) is 18.6 Å². The van der Waals surface area contributed by atoms with Gasteiger partial charge in [-0.3, -0.25) is 9.59 Å². The normalized spacial score (nSPS) is 10.4. The van der Waals surface area contributed by atoms with Crippen LogP contribution in [0.2, 0.25) is 5.02 Å². The van der Waals surface area contributed by atoms with Gasteiger partial charge in [0, 0.05) is 10.7 Å². The number of aryl methyl sites for hydroxylation is 1. The number of anilines is 2. The van der Waals surface area contributed by atoms with E-state index in [2.05, 4.69) is 20.8 Å². The Morgan fingerprint density at radius 3 is 2.62 bits per heavy atom. The number of carbonyl (C=O) groups excluding carboxylic acids is 2. The molecule has 0 aliphatic carbocycles. The van der Waals surface area contributed by atoms with Crippen molar-refractivity contribution < 1.29 is 14.3 Å². The first kappa shape index (κ1) is 21.1. The second-order valence-corrected chi connectivity index (χ2v) is 8.51. The van der Waals surface area contributed by atoms with Crippen LogP contribution in [0, 0.1) is 6.92 Å². The van der Waals surface area contributed by atoms with Gasteiger partial charge in [-0.25, -0.2) is 0 Å². The first-order valence-electron chi connectivity index (χ1n) is 8.42. The molecule has 0 bridgehead atoms. The third-order valence-electron chi connectivity index (χ3n) is 3.66. The number of nitrogens with zero attached hydrogens (tertiary/aromatic N) is 2. The highest BCUT2D eigenvalue weighted by Crippen LogP contribution is 2.27. The zero-order valence-electron chi connectivity index (χ0n) is 15.6. The van der Waals surface area contributed by atoms with Crippen LogP contribution in [0.4, 0.5) is 11.4 Å². The highest BCUT2D eigenvalue weighted by Gasteiger charge is 2.15. The van der Waals surface area contributed by atoms with Crippen molar-refractivity contribution in [3.8, 4) is 5.75 Å². The van der Waals surface area contributed by atoms with E-state index in [1.54, 1.807) is 37.4 Å². The van der Waals surface area contributed by atoms with E-state index in [1.165, 1.54) is 11.8 Å². The summed E-state index contributed by atoms with van der Waals surface area (Å²) in [5.41, 5.74) is 2.22. The molecule has 0 spiro atoms. The van der Waals surface area contributed by atoms with Gasteiger partial charge >= 0.3 is 0 Å². The van der Waals surface area contributed by atoms with Gasteiger partial charge in [0.15, 0.2) is 4.34 Å². The standard InChI is InChI=1S/C19H17ClN4O3S2/c1-11-3-8-15(27-2)14(9-11)22-16(25)10-28-19-24-23-18(29-19)17(26)21-13-6-4-12(20)5-7-13/h3-9H,10H2,1-2H3,(H,21,26)(H,22,25). The predicted molar refractivity (Wildman–Crippen MR) is 116 cm³/mol. The SMILES string of the molecule is COc1ccc(C)cc1NC(=O)CSc1nnc(C(=O)Nc2ccc(Cl)cc2)s1. The second-order valence-electron chi connectivity index (χ2n) is 5.87. The number of ether oxygens (including phenoxy) is 1. The minimum Gasteiger partial charge on any atom is -0.495 e. The summed E-state index contributed by atoms with van der Waals surface area (Å²) in [5, 5.41) is 14.2. The first-order chi connectivity index (χ1) is 13.9. The van der Waals surface area contributed by atoms with Crippen molar-refractivity contribution >= 4 is 57.9 Å². The van der Waals surface area contributed by atoms with Gasteiger partial charge in [0.25, 0.3) is 5.91 Å². The molecule has 0 fully saturated rings. The smallest absolute Gasteiger partial charge is 0.286 e. The highest BCUT2D eigenvalue weighted by atomic mass is 35.5. The highest BCUT2D eigenvalue weighted by molar-refractivity contribution is 8.01. The van der Waals surface area contributed by atoms with E-state index in [-0.39, 0.29) is 22.6 Å². The van der Waals surface area contributed by atoms with Crippen LogP contribution >= 0.6 is 34.7 Å². The molecule has 7 nitrogen and oxygen atoms in total. The fourth-order valence-electron chi connectivity index (χ4n) is 2.31. The minimum atomic E-state index is -0.370. The van der Waals surface area contributed by atoms with Crippen LogP contribution in [0.25, 0.3) is 0 Å². The first-order valence-corrected chi connectivity index (χ1v) is 10.6. The Bertz CT molecular complexity index is 1020. The van der Waals surface area contributed by atoms with Crippen LogP contribution in [0.15, 0.2) is 46.8 Å². The fourth-order valence-corrected chi connectivity index (χ4v) is 3.98. The van der Waals surface area contributed by atoms with Crippen molar-refractivity contribution in [1.29, 1.82) is 0 Å². The number of carbonyl (C=O) groups is 2. The predicted octanol–water partition coefficient (Wildman–Crippen LogP) is 4.49. The van der Waals surface area contributed by atoms with E-state index in [0.717, 1.165) is 16.9 Å². The van der Waals surface area contributed by atoms with Crippen molar-refractivity contribution in [2.24, 2.45) is 0 Å². The molecule has 150 valence electrons. The molecule has 2 N–H and O–H groups in total. The maximum Gasteiger partial charge on any atom is 0.286 e. The van der Waals surface area contributed by atoms with Crippen LogP contribution in [-0.2, 0) is 4.79 Å². The number of rotatable bonds is 7. The summed E-state index contributed by atoms with van der Waals surface area (Å²) in [5.74, 6) is 0.141. The zero-order valence-corrected chi connectivity index (χ0v) is 18.0. The molecule has 0 unspecified atom stereocenters. The molecular formula is C19H17ClN4O3S2. The number of benzene rings is 2. The lowest BCUT2D eigenvalue weighted by molar-refractivity contribution is -0.113. The fraction of sp³-hybridized carbons (Fsp3) is 0.158. The molecule has 10 heteroatoms. The van der Waals surface area contributed by atoms with Gasteiger partial charge in [0.2, 0.25) is 10.9 Å². The molecule has 0 saturated heterocycles. The van der Waals surface area contributed by atoms with Gasteiger partial charge in [-0.1, -0.05) is 40.8 Å². The Morgan fingerprint density at radius 1 is 1.14 bits per heavy atom. The van der Waals surface area contributed by atoms with Crippen molar-refractivity contribution in [3.05, 3.63) is 58.1 Å². The summed E-state index contributed by atoms with van der Waals surface area (Å²) in [4.78, 5) is 24.5. The lowest BCUT2D eigenvalue weighted by atomic mass is 10.2. The molecule has 0 aliphatic heterocycles. The lowest BCUT2D eigenvalue weighted by Gasteiger charge is -2.10. The summed E-state index contributed by atoms with van der Waals surface area (Å²) < 4.78 is 5.78. The monoisotopic (exact) mass is 448 g/mol. The van der Waals surface area contributed by atoms with Gasteiger partial charge < -0.3 is 15.4 Å². The average Bonchev–Trinajstić information content (AvgIpc) is 3.18. The largest absolute Gasteiger partial charge is 0.495 e. The Morgan fingerprint density at radius 2 is 1.90 bits per heavy atom. The molecular weight excluding hydrogens is 432 g/mol. The minimum absolute atomic E-state index is 0.129. The van der Waals surface area contributed by atoms with Crippen molar-refractivity contribution in [1.82, 2.24) is 10.2 Å². The van der Waals surface area contributed by atoms with E-state index in [0.29, 0.717) is 26.5 Å². The Labute approximate surface area is 180 Å². The van der Waals surface area contributed by atoms with Crippen LogP contribution in [0.3, 0.4) is 0 Å². The summed E-state index contributed by atoms with van der Waals surface area (Å²) in [6.07, 6.45) is 0. The molecule has 29 heavy (non-hydrogen) atoms. The third kappa shape index (κ3) is 5.93. The topological polar surface area (TPSA) is 93.2 Å². The molecule has 0 atom stereocenters. The number of aromatic nitrogens is 2. The molecule has 1 aromatic heterocycles. The van der Waals surface area contributed by atoms with E-state index in [1.807, 2.05) is 19.1 Å². The van der Waals surface area contributed by atoms with Crippen LogP contribution in [0.5, 0.6) is 5.75 Å². The van der Waals surface area contributed by atoms with Crippen LogP contribution < -0.4 is 15.4 Å². The molecule has 1 heterocycles. The molecule has 0 saturated carbocycles. The number of nitrogens with one attached hydrogen (secondary N) is 2. The van der Waals surface area contributed by atoms with Crippen molar-refractivity contribution in [2.75, 3.05) is 23.5 Å². The lowest BCUT2D eigenvalue weighted by Crippen LogP contribution is -2.14. The maximum absolute atomic E-state index is 12.3. The zero-order chi connectivity index (χ0) is 20.8. The summed E-state index contributed by atoms with van der Waals surface area (Å²) >= 11 is 8.16. The van der Waals surface area contributed by atoms with E-state index in [9.17, 15) is 9.59 Å². The summed E-state index contributed by atoms with van der Waals surface area (Å²) in [6.45, 7) is 1.93. The maximum atomic E-state index is 12.3. The average molecular weight is 449 g/mol. The van der Waals surface area contributed by atoms with Crippen LogP contribution in [-0.4, -0.2) is 34.9 Å². The third-order valence-corrected chi connectivity index (χ3v) is 5.97. The van der Waals surface area contributed by atoms with E-state index >= 15 is 0 Å². The Hall–Kier alpha value is -2.62. The number of amides is 2. The summed E-state index contributed by atoms with van der Waals surface area (Å²) in [6, 6.07) is 12.3. The molecule has 0 radical (unpaired) electrons. The molecule has 2 aromatic carbocycles. The number of hydrogen-bond donors (Lipinski definition) is 2. The Kier molecular flexibility index (Phi) is 7.08. The number of halogens is 1. The second kappa shape index (κ2) is 9.73. The van der Waals surface area contributed by atoms with E-state index in [4.69, 9.17) is 16.3 Å². The number of methoxy groups -OCH3 is 1. The molecule has 3 aromatic rings. The van der Waals surface area contributed by atoms with Crippen molar-refractivity contribution in [2.45, 2.75) is 11.3 Å². The number of hydrogen-bond acceptors (Lipinski definition) is 7. The van der Waals surface area contributed by atoms with Gasteiger partial charge in [-0.05, 0) is 48.9 Å². The van der Waals surface area contributed by atoms with Gasteiger partial charge in [-0.2, -0.15) is 0 Å². The quantitative estimate of drug-likeness (QED) is 0.517. The number of thioether (sulfide) groups is 1. The van der Waals surface area contributed by atoms with Gasteiger partial charge in [-0.15, -0.1) is 10.2 Å². The van der Waals surface area contributed by atoms with Gasteiger partial charge in [0.1, 0.15) is 5.75 Å². The Balaban J connectivity index is 1.55. The van der Waals surface area contributed by atoms with Crippen molar-refractivity contribution in [3.63, 3.8) is 0 Å². The molecule has 2 amide bonds.